The predicted octanol–water partition coefficient (Wildman–Crippen LogP) is 5.07. The lowest BCUT2D eigenvalue weighted by Crippen LogP contribution is -2.17. The number of hydrogen-bond donors (Lipinski definition) is 1. The minimum atomic E-state index is -0.837. The molecule has 0 spiro atoms. The molecule has 0 aromatic heterocycles. The largest absolute Gasteiger partial charge is 0.320 e. The van der Waals surface area contributed by atoms with Crippen molar-refractivity contribution in [2.45, 2.75) is 32.2 Å². The van der Waals surface area contributed by atoms with Crippen molar-refractivity contribution in [2.24, 2.45) is 5.73 Å². The van der Waals surface area contributed by atoms with E-state index < -0.39 is 17.7 Å². The van der Waals surface area contributed by atoms with Crippen LogP contribution >= 0.6 is 15.9 Å². The molecule has 0 saturated heterocycles. The van der Waals surface area contributed by atoms with E-state index in [1.807, 2.05) is 24.3 Å². The Balaban J connectivity index is 2.41. The van der Waals surface area contributed by atoms with Crippen LogP contribution in [0.15, 0.2) is 40.9 Å². The van der Waals surface area contributed by atoms with E-state index in [1.54, 1.807) is 0 Å². The van der Waals surface area contributed by atoms with Gasteiger partial charge in [0.2, 0.25) is 0 Å². The molecular weight excluding hydrogens is 336 g/mol. The zero-order chi connectivity index (χ0) is 15.8. The molecule has 2 aromatic carbocycles. The fourth-order valence-electron chi connectivity index (χ4n) is 2.18. The molecule has 0 heterocycles. The van der Waals surface area contributed by atoms with E-state index >= 15 is 0 Å². The lowest BCUT2D eigenvalue weighted by atomic mass is 9.86. The van der Waals surface area contributed by atoms with Gasteiger partial charge in [-0.3, -0.25) is 0 Å². The first-order valence-electron chi connectivity index (χ1n) is 6.71. The van der Waals surface area contributed by atoms with Crippen molar-refractivity contribution in [3.05, 3.63) is 69.2 Å². The van der Waals surface area contributed by atoms with E-state index in [1.165, 1.54) is 12.1 Å². The van der Waals surface area contributed by atoms with Crippen LogP contribution in [0.2, 0.25) is 0 Å². The Morgan fingerprint density at radius 1 is 1.00 bits per heavy atom. The van der Waals surface area contributed by atoms with Gasteiger partial charge in [0.05, 0.1) is 10.5 Å². The zero-order valence-electron chi connectivity index (χ0n) is 12.3. The first-order chi connectivity index (χ1) is 9.71. The molecule has 0 aliphatic rings. The molecule has 4 heteroatoms. The van der Waals surface area contributed by atoms with E-state index in [9.17, 15) is 8.78 Å². The van der Waals surface area contributed by atoms with Crippen molar-refractivity contribution in [1.82, 2.24) is 0 Å². The summed E-state index contributed by atoms with van der Waals surface area (Å²) < 4.78 is 28.2. The van der Waals surface area contributed by atoms with Gasteiger partial charge in [-0.15, -0.1) is 0 Å². The van der Waals surface area contributed by atoms with Crippen LogP contribution in [0.4, 0.5) is 8.78 Å². The van der Waals surface area contributed by atoms with Gasteiger partial charge in [0.25, 0.3) is 0 Å². The van der Waals surface area contributed by atoms with E-state index in [4.69, 9.17) is 5.73 Å². The van der Waals surface area contributed by atoms with Crippen molar-refractivity contribution in [1.29, 1.82) is 0 Å². The van der Waals surface area contributed by atoms with Crippen LogP contribution in [0, 0.1) is 11.6 Å². The van der Waals surface area contributed by atoms with E-state index in [0.717, 1.165) is 5.56 Å². The van der Waals surface area contributed by atoms with Gasteiger partial charge in [-0.2, -0.15) is 0 Å². The van der Waals surface area contributed by atoms with Crippen molar-refractivity contribution in [3.63, 3.8) is 0 Å². The van der Waals surface area contributed by atoms with Crippen LogP contribution in [0.1, 0.15) is 43.5 Å². The second-order valence-electron chi connectivity index (χ2n) is 6.11. The van der Waals surface area contributed by atoms with Gasteiger partial charge in [-0.05, 0) is 44.6 Å². The third kappa shape index (κ3) is 3.33. The van der Waals surface area contributed by atoms with Gasteiger partial charge in [-0.25, -0.2) is 8.78 Å². The molecule has 0 amide bonds. The molecule has 1 atom stereocenters. The Morgan fingerprint density at radius 2 is 1.57 bits per heavy atom. The smallest absolute Gasteiger partial charge is 0.145 e. The molecular formula is C17H18BrF2N. The maximum Gasteiger partial charge on any atom is 0.145 e. The monoisotopic (exact) mass is 353 g/mol. The molecule has 0 fully saturated rings. The summed E-state index contributed by atoms with van der Waals surface area (Å²) in [7, 11) is 0. The van der Waals surface area contributed by atoms with E-state index in [-0.39, 0.29) is 15.5 Å². The van der Waals surface area contributed by atoms with E-state index in [2.05, 4.69) is 36.7 Å². The number of nitrogens with two attached hydrogens (primary N) is 1. The highest BCUT2D eigenvalue weighted by molar-refractivity contribution is 9.10. The molecule has 2 aromatic rings. The maximum atomic E-state index is 14.1. The van der Waals surface area contributed by atoms with Gasteiger partial charge in [-0.1, -0.05) is 45.0 Å². The molecule has 0 aliphatic heterocycles. The van der Waals surface area contributed by atoms with Crippen molar-refractivity contribution < 1.29 is 8.78 Å². The van der Waals surface area contributed by atoms with Crippen LogP contribution in [0.3, 0.4) is 0 Å². The number of benzene rings is 2. The maximum absolute atomic E-state index is 14.1. The van der Waals surface area contributed by atoms with Crippen LogP contribution < -0.4 is 5.73 Å². The molecule has 0 radical (unpaired) electrons. The first kappa shape index (κ1) is 16.1. The average molecular weight is 354 g/mol. The van der Waals surface area contributed by atoms with Crippen LogP contribution in [0.5, 0.6) is 0 Å². The third-order valence-electron chi connectivity index (χ3n) is 3.53. The molecule has 2 rings (SSSR count). The number of halogens is 3. The molecule has 1 nitrogen and oxygen atoms in total. The Bertz CT molecular complexity index is 645. The van der Waals surface area contributed by atoms with Gasteiger partial charge >= 0.3 is 0 Å². The number of hydrogen-bond acceptors (Lipinski definition) is 1. The second-order valence-corrected chi connectivity index (χ2v) is 6.96. The summed E-state index contributed by atoms with van der Waals surface area (Å²) >= 11 is 3.06. The predicted molar refractivity (Wildman–Crippen MR) is 85.2 cm³/mol. The van der Waals surface area contributed by atoms with E-state index in [0.29, 0.717) is 5.56 Å². The Kier molecular flexibility index (Phi) is 4.49. The summed E-state index contributed by atoms with van der Waals surface area (Å²) in [5, 5.41) is 0. The summed E-state index contributed by atoms with van der Waals surface area (Å²) in [5.41, 5.74) is 7.78. The van der Waals surface area contributed by atoms with Crippen molar-refractivity contribution in [3.8, 4) is 0 Å². The second kappa shape index (κ2) is 5.85. The molecule has 0 bridgehead atoms. The summed E-state index contributed by atoms with van der Waals surface area (Å²) in [6.07, 6.45) is 0. The first-order valence-corrected chi connectivity index (χ1v) is 7.50. The van der Waals surface area contributed by atoms with Gasteiger partial charge < -0.3 is 5.73 Å². The molecule has 1 unspecified atom stereocenters. The molecule has 0 aliphatic carbocycles. The van der Waals surface area contributed by atoms with Gasteiger partial charge in [0, 0.05) is 5.56 Å². The minimum Gasteiger partial charge on any atom is -0.320 e. The topological polar surface area (TPSA) is 26.0 Å². The quantitative estimate of drug-likeness (QED) is 0.749. The summed E-state index contributed by atoms with van der Waals surface area (Å²) in [4.78, 5) is 0. The molecule has 0 saturated carbocycles. The minimum absolute atomic E-state index is 0.0227. The van der Waals surface area contributed by atoms with Crippen molar-refractivity contribution in [2.75, 3.05) is 0 Å². The summed E-state index contributed by atoms with van der Waals surface area (Å²) in [5.74, 6) is -1.29. The lowest BCUT2D eigenvalue weighted by Gasteiger charge is -2.21. The molecule has 112 valence electrons. The lowest BCUT2D eigenvalue weighted by molar-refractivity contribution is 0.539. The summed E-state index contributed by atoms with van der Waals surface area (Å²) in [6.45, 7) is 6.32. The molecule has 2 N–H and O–H groups in total. The average Bonchev–Trinajstić information content (AvgIpc) is 2.42. The number of rotatable bonds is 2. The van der Waals surface area contributed by atoms with Crippen LogP contribution in [-0.4, -0.2) is 0 Å². The fraction of sp³-hybridized carbons (Fsp3) is 0.294. The van der Waals surface area contributed by atoms with Crippen LogP contribution in [0.25, 0.3) is 0 Å². The third-order valence-corrected chi connectivity index (χ3v) is 4.14. The highest BCUT2D eigenvalue weighted by Gasteiger charge is 2.21. The Morgan fingerprint density at radius 3 is 2.10 bits per heavy atom. The molecule has 21 heavy (non-hydrogen) atoms. The van der Waals surface area contributed by atoms with Crippen LogP contribution in [-0.2, 0) is 5.41 Å². The highest BCUT2D eigenvalue weighted by Crippen LogP contribution is 2.30. The highest BCUT2D eigenvalue weighted by atomic mass is 79.9. The van der Waals surface area contributed by atoms with Gasteiger partial charge in [0.15, 0.2) is 0 Å². The normalized spacial score (nSPS) is 13.3. The SMILES string of the molecule is CC(C)(C)c1ccc(C(N)c2c(F)ccc(Br)c2F)cc1. The Labute approximate surface area is 132 Å². The summed E-state index contributed by atoms with van der Waals surface area (Å²) in [6, 6.07) is 9.26. The van der Waals surface area contributed by atoms with Gasteiger partial charge in [0.1, 0.15) is 11.6 Å². The standard InChI is InChI=1S/C17H18BrF2N/c1-17(2,3)11-6-4-10(5-7-11)16(21)14-13(19)9-8-12(18)15(14)20/h4-9,16H,21H2,1-3H3. The fourth-order valence-corrected chi connectivity index (χ4v) is 2.53. The zero-order valence-corrected chi connectivity index (χ0v) is 13.8. The van der Waals surface area contributed by atoms with Crippen molar-refractivity contribution >= 4 is 15.9 Å². The Hall–Kier alpha value is -1.26.